The quantitative estimate of drug-likeness (QED) is 0.646. The lowest BCUT2D eigenvalue weighted by Crippen LogP contribution is -2.51. The average molecular weight is 471 g/mol. The summed E-state index contributed by atoms with van der Waals surface area (Å²) in [6.07, 6.45) is 5.92. The minimum atomic E-state index is -0.383. The molecular formula is C26H38N4O4. The molecule has 34 heavy (non-hydrogen) atoms. The van der Waals surface area contributed by atoms with Crippen molar-refractivity contribution in [2.75, 3.05) is 26.7 Å². The number of aromatic nitrogens is 1. The van der Waals surface area contributed by atoms with E-state index in [1.54, 1.807) is 29.1 Å². The van der Waals surface area contributed by atoms with Crippen LogP contribution in [0.3, 0.4) is 0 Å². The number of ether oxygens (including phenoxy) is 1. The Kier molecular flexibility index (Phi) is 8.78. The summed E-state index contributed by atoms with van der Waals surface area (Å²) < 4.78 is 6.25. The van der Waals surface area contributed by atoms with E-state index in [1.807, 2.05) is 27.7 Å². The van der Waals surface area contributed by atoms with Gasteiger partial charge in [0.25, 0.3) is 5.91 Å². The fourth-order valence-electron chi connectivity index (χ4n) is 4.35. The third-order valence-corrected chi connectivity index (χ3v) is 6.51. The van der Waals surface area contributed by atoms with Crippen LogP contribution in [0.4, 0.5) is 4.79 Å². The number of carbonyl (C=O) groups excluding carboxylic acids is 2. The maximum Gasteiger partial charge on any atom is 0.317 e. The topological polar surface area (TPSA) is 95.0 Å². The van der Waals surface area contributed by atoms with Gasteiger partial charge >= 0.3 is 6.03 Å². The highest BCUT2D eigenvalue weighted by Crippen LogP contribution is 2.28. The molecule has 2 aliphatic rings. The van der Waals surface area contributed by atoms with E-state index in [4.69, 9.17) is 4.74 Å². The monoisotopic (exact) mass is 470 g/mol. The van der Waals surface area contributed by atoms with Crippen LogP contribution in [-0.2, 0) is 0 Å². The van der Waals surface area contributed by atoms with E-state index in [0.29, 0.717) is 30.1 Å². The predicted molar refractivity (Wildman–Crippen MR) is 131 cm³/mol. The molecule has 0 aromatic carbocycles. The summed E-state index contributed by atoms with van der Waals surface area (Å²) in [5.41, 5.74) is 1.02. The smallest absolute Gasteiger partial charge is 0.317 e. The van der Waals surface area contributed by atoms with Gasteiger partial charge in [-0.25, -0.2) is 9.78 Å². The number of likely N-dealkylation sites (N-methyl/N-ethyl adjacent to an activating group) is 1. The Balaban J connectivity index is 1.91. The Labute approximate surface area is 203 Å². The lowest BCUT2D eigenvalue weighted by Gasteiger charge is -2.37. The first-order valence-corrected chi connectivity index (χ1v) is 12.3. The molecule has 8 nitrogen and oxygen atoms in total. The van der Waals surface area contributed by atoms with E-state index in [2.05, 4.69) is 22.1 Å². The van der Waals surface area contributed by atoms with Crippen molar-refractivity contribution in [2.45, 2.75) is 71.6 Å². The molecule has 3 amide bonds. The standard InChI is InChI=1S/C26H38N4O4/c1-17(2)28-26(33)29(5)15-23-18(3)14-30(19(4)16-31)25(32)22-12-21(13-27-24(22)34-23)11-10-20-8-6-7-9-20/h12-13,17-20,23,31H,6-9,14-16H2,1-5H3,(H,28,33)/t18-,19+,23-/m0/s1. The maximum atomic E-state index is 13.5. The van der Waals surface area contributed by atoms with Crippen LogP contribution in [0.2, 0.25) is 0 Å². The third-order valence-electron chi connectivity index (χ3n) is 6.51. The van der Waals surface area contributed by atoms with Crippen LogP contribution < -0.4 is 10.1 Å². The van der Waals surface area contributed by atoms with Crippen LogP contribution in [0.15, 0.2) is 12.3 Å². The molecule has 0 bridgehead atoms. The highest BCUT2D eigenvalue weighted by molar-refractivity contribution is 5.97. The van der Waals surface area contributed by atoms with Crippen LogP contribution >= 0.6 is 0 Å². The summed E-state index contributed by atoms with van der Waals surface area (Å²) in [7, 11) is 1.72. The van der Waals surface area contributed by atoms with Gasteiger partial charge in [0, 0.05) is 43.2 Å². The maximum absolute atomic E-state index is 13.5. The molecule has 1 saturated carbocycles. The van der Waals surface area contributed by atoms with E-state index >= 15 is 0 Å². The number of fused-ring (bicyclic) bond motifs is 1. The predicted octanol–water partition coefficient (Wildman–Crippen LogP) is 2.89. The van der Waals surface area contributed by atoms with E-state index in [1.165, 1.54) is 12.8 Å². The van der Waals surface area contributed by atoms with Crippen molar-refractivity contribution < 1.29 is 19.4 Å². The van der Waals surface area contributed by atoms with Gasteiger partial charge < -0.3 is 25.0 Å². The Morgan fingerprint density at radius 2 is 2.06 bits per heavy atom. The minimum Gasteiger partial charge on any atom is -0.472 e. The zero-order valence-corrected chi connectivity index (χ0v) is 21.0. The number of pyridine rings is 1. The Morgan fingerprint density at radius 3 is 2.71 bits per heavy atom. The van der Waals surface area contributed by atoms with Gasteiger partial charge in [-0.1, -0.05) is 31.6 Å². The first-order chi connectivity index (χ1) is 16.2. The van der Waals surface area contributed by atoms with Gasteiger partial charge in [-0.2, -0.15) is 0 Å². The molecule has 186 valence electrons. The van der Waals surface area contributed by atoms with Gasteiger partial charge in [-0.15, -0.1) is 0 Å². The summed E-state index contributed by atoms with van der Waals surface area (Å²) in [4.78, 5) is 33.7. The van der Waals surface area contributed by atoms with E-state index in [-0.39, 0.29) is 48.5 Å². The number of aliphatic hydroxyl groups excluding tert-OH is 1. The number of rotatable bonds is 5. The van der Waals surface area contributed by atoms with Crippen molar-refractivity contribution in [3.63, 3.8) is 0 Å². The molecule has 8 heteroatoms. The lowest BCUT2D eigenvalue weighted by atomic mass is 10.00. The molecule has 1 aromatic rings. The number of hydrogen-bond acceptors (Lipinski definition) is 5. The summed E-state index contributed by atoms with van der Waals surface area (Å²) >= 11 is 0. The minimum absolute atomic E-state index is 0.0234. The Bertz CT molecular complexity index is 932. The first-order valence-electron chi connectivity index (χ1n) is 12.3. The van der Waals surface area contributed by atoms with Crippen molar-refractivity contribution in [1.82, 2.24) is 20.1 Å². The van der Waals surface area contributed by atoms with Crippen LogP contribution in [0, 0.1) is 23.7 Å². The third kappa shape index (κ3) is 6.41. The van der Waals surface area contributed by atoms with Crippen LogP contribution in [0.25, 0.3) is 0 Å². The molecule has 2 heterocycles. The summed E-state index contributed by atoms with van der Waals surface area (Å²) in [5, 5.41) is 12.7. The van der Waals surface area contributed by atoms with Crippen LogP contribution in [0.1, 0.15) is 69.3 Å². The number of nitrogens with one attached hydrogen (secondary N) is 1. The van der Waals surface area contributed by atoms with Crippen LogP contribution in [0.5, 0.6) is 5.88 Å². The molecule has 3 atom stereocenters. The van der Waals surface area contributed by atoms with Gasteiger partial charge in [-0.05, 0) is 39.7 Å². The largest absolute Gasteiger partial charge is 0.472 e. The molecule has 2 N–H and O–H groups in total. The lowest BCUT2D eigenvalue weighted by molar-refractivity contribution is 0.0351. The summed E-state index contributed by atoms with van der Waals surface area (Å²) in [6.45, 7) is 8.20. The molecule has 0 spiro atoms. The number of aliphatic hydroxyl groups is 1. The summed E-state index contributed by atoms with van der Waals surface area (Å²) in [6, 6.07) is 1.22. The molecule has 0 saturated heterocycles. The average Bonchev–Trinajstić information content (AvgIpc) is 3.32. The van der Waals surface area contributed by atoms with E-state index < -0.39 is 0 Å². The van der Waals surface area contributed by atoms with Gasteiger partial charge in [0.05, 0.1) is 19.2 Å². The van der Waals surface area contributed by atoms with Crippen molar-refractivity contribution >= 4 is 11.9 Å². The molecule has 1 aliphatic heterocycles. The zero-order valence-electron chi connectivity index (χ0n) is 21.0. The van der Waals surface area contributed by atoms with Crippen molar-refractivity contribution in [3.8, 4) is 17.7 Å². The summed E-state index contributed by atoms with van der Waals surface area (Å²) in [5.74, 6) is 6.82. The Hall–Kier alpha value is -2.79. The second-order valence-corrected chi connectivity index (χ2v) is 9.93. The SMILES string of the molecule is CC(C)NC(=O)N(C)C[C@@H]1Oc2ncc(C#CC3CCCC3)cc2C(=O)N([C@H](C)CO)C[C@@H]1C. The molecule has 1 aliphatic carbocycles. The number of nitrogens with zero attached hydrogens (tertiary/aromatic N) is 3. The van der Waals surface area contributed by atoms with Gasteiger partial charge in [0.1, 0.15) is 11.7 Å². The van der Waals surface area contributed by atoms with E-state index in [9.17, 15) is 14.7 Å². The van der Waals surface area contributed by atoms with Gasteiger partial charge in [0.2, 0.25) is 5.88 Å². The molecule has 3 rings (SSSR count). The molecule has 0 unspecified atom stereocenters. The second-order valence-electron chi connectivity index (χ2n) is 9.93. The van der Waals surface area contributed by atoms with Crippen molar-refractivity contribution in [1.29, 1.82) is 0 Å². The fourth-order valence-corrected chi connectivity index (χ4v) is 4.35. The van der Waals surface area contributed by atoms with Gasteiger partial charge in [-0.3, -0.25) is 4.79 Å². The highest BCUT2D eigenvalue weighted by Gasteiger charge is 2.34. The van der Waals surface area contributed by atoms with Crippen molar-refractivity contribution in [2.24, 2.45) is 11.8 Å². The normalized spacial score (nSPS) is 21.6. The first kappa shape index (κ1) is 25.8. The highest BCUT2D eigenvalue weighted by atomic mass is 16.5. The molecular weight excluding hydrogens is 432 g/mol. The zero-order chi connectivity index (χ0) is 24.8. The van der Waals surface area contributed by atoms with Crippen molar-refractivity contribution in [3.05, 3.63) is 23.4 Å². The molecule has 0 radical (unpaired) electrons. The van der Waals surface area contributed by atoms with Crippen LogP contribution in [-0.4, -0.2) is 76.8 Å². The number of hydrogen-bond donors (Lipinski definition) is 2. The van der Waals surface area contributed by atoms with E-state index in [0.717, 1.165) is 12.8 Å². The fraction of sp³-hybridized carbons (Fsp3) is 0.654. The Morgan fingerprint density at radius 1 is 1.35 bits per heavy atom. The molecule has 1 fully saturated rings. The van der Waals surface area contributed by atoms with Gasteiger partial charge in [0.15, 0.2) is 0 Å². The number of amides is 3. The number of carbonyl (C=O) groups is 2. The number of urea groups is 1. The second kappa shape index (κ2) is 11.6. The molecule has 1 aromatic heterocycles.